The second-order valence-corrected chi connectivity index (χ2v) is 9.69. The fourth-order valence-corrected chi connectivity index (χ4v) is 5.24. The number of aromatic nitrogens is 1. The van der Waals surface area contributed by atoms with Crippen molar-refractivity contribution in [2.45, 2.75) is 19.1 Å². The van der Waals surface area contributed by atoms with Gasteiger partial charge in [0.1, 0.15) is 19.4 Å². The van der Waals surface area contributed by atoms with Crippen LogP contribution in [0, 0.1) is 0 Å². The third-order valence-electron chi connectivity index (χ3n) is 7.22. The molecule has 2 heterocycles. The van der Waals surface area contributed by atoms with Gasteiger partial charge in [-0.05, 0) is 64.1 Å². The number of pyridine rings is 1. The molecule has 4 aromatic carbocycles. The topological polar surface area (TPSA) is 16.4 Å². The number of aryl methyl sites for hydroxylation is 1. The average molecular weight is 484 g/mol. The molecule has 0 radical (unpaired) electrons. The Labute approximate surface area is 219 Å². The van der Waals surface area contributed by atoms with Crippen LogP contribution in [0.1, 0.15) is 28.3 Å². The number of hydrogen-bond donors (Lipinski definition) is 0. The number of anilines is 1. The van der Waals surface area contributed by atoms with Gasteiger partial charge in [0.2, 0.25) is 0 Å². The second-order valence-electron chi connectivity index (χ2n) is 9.69. The van der Waals surface area contributed by atoms with Crippen molar-refractivity contribution in [3.8, 4) is 16.9 Å². The molecule has 3 heteroatoms. The van der Waals surface area contributed by atoms with Gasteiger partial charge in [-0.15, -0.1) is 0 Å². The first kappa shape index (κ1) is 23.1. The lowest BCUT2D eigenvalue weighted by Gasteiger charge is -2.39. The van der Waals surface area contributed by atoms with Crippen LogP contribution < -0.4 is 14.2 Å². The molecule has 37 heavy (non-hydrogen) atoms. The zero-order valence-electron chi connectivity index (χ0n) is 21.1. The zero-order chi connectivity index (χ0) is 25.0. The molecule has 0 aliphatic carbocycles. The smallest absolute Gasteiger partial charge is 0.169 e. The van der Waals surface area contributed by atoms with Gasteiger partial charge in [0.05, 0.1) is 6.04 Å². The number of ether oxygens (including phenoxy) is 1. The van der Waals surface area contributed by atoms with Crippen molar-refractivity contribution in [1.82, 2.24) is 0 Å². The predicted molar refractivity (Wildman–Crippen MR) is 150 cm³/mol. The highest BCUT2D eigenvalue weighted by atomic mass is 16.5. The SMILES string of the molecule is C[n+]1ccc(-c2ccc(C3c4ccc(OCc5ccccc5)cc4CCN3c3ccccc3)cc2)cc1. The van der Waals surface area contributed by atoms with Crippen LogP contribution >= 0.6 is 0 Å². The number of hydrogen-bond acceptors (Lipinski definition) is 2. The summed E-state index contributed by atoms with van der Waals surface area (Å²) in [5.41, 5.74) is 8.91. The Balaban J connectivity index is 1.33. The van der Waals surface area contributed by atoms with E-state index in [4.69, 9.17) is 4.74 Å². The minimum Gasteiger partial charge on any atom is -0.489 e. The zero-order valence-corrected chi connectivity index (χ0v) is 21.1. The molecule has 1 aromatic heterocycles. The molecule has 1 aliphatic rings. The quantitative estimate of drug-likeness (QED) is 0.244. The van der Waals surface area contributed by atoms with Gasteiger partial charge in [-0.2, -0.15) is 0 Å². The predicted octanol–water partition coefficient (Wildman–Crippen LogP) is 6.91. The highest BCUT2D eigenvalue weighted by Crippen LogP contribution is 2.40. The Morgan fingerprint density at radius 2 is 1.43 bits per heavy atom. The van der Waals surface area contributed by atoms with Gasteiger partial charge < -0.3 is 9.64 Å². The van der Waals surface area contributed by atoms with Crippen LogP contribution in [0.5, 0.6) is 5.75 Å². The standard InChI is InChI=1S/C34H31N2O/c1-35-21-18-28(19-22-35)27-12-14-29(15-13-27)34-33-17-16-32(37-25-26-8-4-2-5-9-26)24-30(33)20-23-36(34)31-10-6-3-7-11-31/h2-19,21-22,24,34H,20,23,25H2,1H3/q+1. The molecule has 182 valence electrons. The monoisotopic (exact) mass is 483 g/mol. The third kappa shape index (κ3) is 4.99. The maximum Gasteiger partial charge on any atom is 0.169 e. The van der Waals surface area contributed by atoms with E-state index >= 15 is 0 Å². The van der Waals surface area contributed by atoms with Crippen LogP contribution in [0.15, 0.2) is 128 Å². The third-order valence-corrected chi connectivity index (χ3v) is 7.22. The van der Waals surface area contributed by atoms with E-state index in [2.05, 4.69) is 131 Å². The first-order chi connectivity index (χ1) is 18.2. The molecule has 5 aromatic rings. The summed E-state index contributed by atoms with van der Waals surface area (Å²) in [6.45, 7) is 1.54. The lowest BCUT2D eigenvalue weighted by Crippen LogP contribution is -2.36. The molecular weight excluding hydrogens is 452 g/mol. The second kappa shape index (κ2) is 10.3. The van der Waals surface area contributed by atoms with Crippen molar-refractivity contribution in [3.63, 3.8) is 0 Å². The summed E-state index contributed by atoms with van der Waals surface area (Å²) in [5.74, 6) is 0.933. The van der Waals surface area contributed by atoms with Crippen molar-refractivity contribution in [1.29, 1.82) is 0 Å². The van der Waals surface area contributed by atoms with Gasteiger partial charge >= 0.3 is 0 Å². The molecular formula is C34H31N2O+. The molecule has 1 atom stereocenters. The molecule has 1 unspecified atom stereocenters. The molecule has 0 N–H and O–H groups in total. The Morgan fingerprint density at radius 3 is 2.16 bits per heavy atom. The number of fused-ring (bicyclic) bond motifs is 1. The summed E-state index contributed by atoms with van der Waals surface area (Å²) in [6, 6.07) is 41.3. The van der Waals surface area contributed by atoms with Gasteiger partial charge in [-0.3, -0.25) is 0 Å². The van der Waals surface area contributed by atoms with Gasteiger partial charge in [0.25, 0.3) is 0 Å². The lowest BCUT2D eigenvalue weighted by atomic mass is 9.87. The Hall–Kier alpha value is -4.37. The van der Waals surface area contributed by atoms with Crippen molar-refractivity contribution < 1.29 is 9.30 Å². The van der Waals surface area contributed by atoms with E-state index in [1.165, 1.54) is 39.1 Å². The summed E-state index contributed by atoms with van der Waals surface area (Å²) in [7, 11) is 2.05. The van der Waals surface area contributed by atoms with Gasteiger partial charge in [0.15, 0.2) is 12.4 Å². The molecule has 0 amide bonds. The number of para-hydroxylation sites is 1. The lowest BCUT2D eigenvalue weighted by molar-refractivity contribution is -0.671. The minimum absolute atomic E-state index is 0.150. The van der Waals surface area contributed by atoms with Crippen LogP contribution in [0.2, 0.25) is 0 Å². The van der Waals surface area contributed by atoms with E-state index in [1.807, 2.05) is 13.1 Å². The van der Waals surface area contributed by atoms with Crippen LogP contribution in [-0.2, 0) is 20.1 Å². The number of rotatable bonds is 6. The normalized spacial score (nSPS) is 14.7. The Kier molecular flexibility index (Phi) is 6.43. The van der Waals surface area contributed by atoms with Crippen LogP contribution in [-0.4, -0.2) is 6.54 Å². The molecule has 3 nitrogen and oxygen atoms in total. The summed E-state index contributed by atoms with van der Waals surface area (Å²) in [4.78, 5) is 2.53. The molecule has 0 saturated heterocycles. The van der Waals surface area contributed by atoms with Crippen molar-refractivity contribution in [2.75, 3.05) is 11.4 Å². The maximum atomic E-state index is 6.17. The molecule has 0 saturated carbocycles. The number of nitrogens with zero attached hydrogens (tertiary/aromatic N) is 2. The van der Waals surface area contributed by atoms with Crippen LogP contribution in [0.25, 0.3) is 11.1 Å². The van der Waals surface area contributed by atoms with Crippen molar-refractivity contribution in [3.05, 3.63) is 150 Å². The number of benzene rings is 4. The van der Waals surface area contributed by atoms with Crippen molar-refractivity contribution in [2.24, 2.45) is 7.05 Å². The van der Waals surface area contributed by atoms with Gasteiger partial charge in [0, 0.05) is 24.4 Å². The minimum atomic E-state index is 0.150. The molecule has 0 spiro atoms. The van der Waals surface area contributed by atoms with Gasteiger partial charge in [-0.25, -0.2) is 4.57 Å². The van der Waals surface area contributed by atoms with E-state index in [0.717, 1.165) is 18.7 Å². The van der Waals surface area contributed by atoms with E-state index in [1.54, 1.807) is 0 Å². The van der Waals surface area contributed by atoms with E-state index < -0.39 is 0 Å². The summed E-state index contributed by atoms with van der Waals surface area (Å²) in [5, 5.41) is 0. The maximum absolute atomic E-state index is 6.17. The largest absolute Gasteiger partial charge is 0.489 e. The van der Waals surface area contributed by atoms with Crippen molar-refractivity contribution >= 4 is 5.69 Å². The fourth-order valence-electron chi connectivity index (χ4n) is 5.24. The van der Waals surface area contributed by atoms with E-state index in [9.17, 15) is 0 Å². The van der Waals surface area contributed by atoms with Crippen LogP contribution in [0.4, 0.5) is 5.69 Å². The molecule has 0 bridgehead atoms. The first-order valence-corrected chi connectivity index (χ1v) is 12.9. The Bertz CT molecular complexity index is 1460. The van der Waals surface area contributed by atoms with E-state index in [0.29, 0.717) is 6.61 Å². The molecule has 1 aliphatic heterocycles. The highest BCUT2D eigenvalue weighted by Gasteiger charge is 2.29. The first-order valence-electron chi connectivity index (χ1n) is 12.9. The molecule has 0 fully saturated rings. The van der Waals surface area contributed by atoms with Gasteiger partial charge in [-0.1, -0.05) is 78.9 Å². The average Bonchev–Trinajstić information content (AvgIpc) is 2.97. The fraction of sp³-hybridized carbons (Fsp3) is 0.147. The van der Waals surface area contributed by atoms with E-state index in [-0.39, 0.29) is 6.04 Å². The summed E-state index contributed by atoms with van der Waals surface area (Å²) >= 11 is 0. The molecule has 6 rings (SSSR count). The Morgan fingerprint density at radius 1 is 0.757 bits per heavy atom. The summed E-state index contributed by atoms with van der Waals surface area (Å²) < 4.78 is 8.23. The summed E-state index contributed by atoms with van der Waals surface area (Å²) in [6.07, 6.45) is 5.17. The van der Waals surface area contributed by atoms with Crippen LogP contribution in [0.3, 0.4) is 0 Å². The highest BCUT2D eigenvalue weighted by molar-refractivity contribution is 5.64.